The summed E-state index contributed by atoms with van der Waals surface area (Å²) in [6.45, 7) is 1.71. The van der Waals surface area contributed by atoms with Crippen molar-refractivity contribution >= 4 is 22.6 Å². The minimum absolute atomic E-state index is 0.114. The molecule has 0 spiro atoms. The number of halogens is 3. The van der Waals surface area contributed by atoms with Crippen molar-refractivity contribution in [2.45, 2.75) is 6.92 Å². The molecule has 1 heterocycles. The first-order chi connectivity index (χ1) is 8.97. The van der Waals surface area contributed by atoms with Crippen molar-refractivity contribution in [3.8, 4) is 0 Å². The fourth-order valence-electron chi connectivity index (χ4n) is 1.63. The Kier molecular flexibility index (Phi) is 3.28. The lowest BCUT2D eigenvalue weighted by Crippen LogP contribution is -2.10. The zero-order valence-electron chi connectivity index (χ0n) is 9.84. The molecule has 1 aromatic carbocycles. The van der Waals surface area contributed by atoms with Gasteiger partial charge in [0.25, 0.3) is 0 Å². The molecule has 0 bridgehead atoms. The summed E-state index contributed by atoms with van der Waals surface area (Å²) in [5, 5.41) is -0.179. The van der Waals surface area contributed by atoms with E-state index in [2.05, 4.69) is 4.98 Å². The molecule has 1 aromatic heterocycles. The van der Waals surface area contributed by atoms with Crippen molar-refractivity contribution < 1.29 is 22.7 Å². The zero-order chi connectivity index (χ0) is 14.2. The molecule has 0 fully saturated rings. The van der Waals surface area contributed by atoms with Crippen LogP contribution in [-0.4, -0.2) is 17.6 Å². The Labute approximate surface area is 106 Å². The number of esters is 1. The molecule has 0 saturated heterocycles. The number of nitrogens with zero attached hydrogens (tertiary/aromatic N) is 1. The summed E-state index contributed by atoms with van der Waals surface area (Å²) < 4.78 is 44.4. The lowest BCUT2D eigenvalue weighted by molar-refractivity contribution is 0.0527. The Morgan fingerprint density at radius 1 is 1.37 bits per heavy atom. The molecule has 19 heavy (non-hydrogen) atoms. The van der Waals surface area contributed by atoms with Crippen molar-refractivity contribution in [2.24, 2.45) is 0 Å². The van der Waals surface area contributed by atoms with Crippen molar-refractivity contribution in [1.29, 1.82) is 0 Å². The molecule has 0 unspecified atom stereocenters. The molecular weight excluding hydrogens is 261 g/mol. The average molecular weight is 270 g/mol. The number of hydrogen-bond acceptors (Lipinski definition) is 4. The number of pyridine rings is 1. The second-order valence-corrected chi connectivity index (χ2v) is 3.69. The summed E-state index contributed by atoms with van der Waals surface area (Å²) in [6, 6.07) is 0.693. The Morgan fingerprint density at radius 2 is 2.05 bits per heavy atom. The Morgan fingerprint density at radius 3 is 2.68 bits per heavy atom. The Bertz CT molecular complexity index is 674. The second kappa shape index (κ2) is 4.75. The normalized spacial score (nSPS) is 10.7. The van der Waals surface area contributed by atoms with Gasteiger partial charge in [0.15, 0.2) is 17.5 Å². The number of anilines is 1. The maximum absolute atomic E-state index is 13.5. The molecule has 0 amide bonds. The predicted molar refractivity (Wildman–Crippen MR) is 62.0 cm³/mol. The Hall–Kier alpha value is -2.31. The molecule has 0 saturated carbocycles. The van der Waals surface area contributed by atoms with Crippen LogP contribution in [0.5, 0.6) is 0 Å². The fraction of sp³-hybridized carbons (Fsp3) is 0.167. The largest absolute Gasteiger partial charge is 0.462 e. The number of ether oxygens (including phenoxy) is 1. The Balaban J connectivity index is 2.72. The summed E-state index contributed by atoms with van der Waals surface area (Å²) in [5.41, 5.74) is 4.87. The molecule has 100 valence electrons. The van der Waals surface area contributed by atoms with Crippen molar-refractivity contribution in [2.75, 3.05) is 12.3 Å². The fourth-order valence-corrected chi connectivity index (χ4v) is 1.63. The van der Waals surface area contributed by atoms with Gasteiger partial charge in [0, 0.05) is 11.6 Å². The first-order valence-corrected chi connectivity index (χ1v) is 5.36. The summed E-state index contributed by atoms with van der Waals surface area (Å²) >= 11 is 0. The van der Waals surface area contributed by atoms with Crippen molar-refractivity contribution in [3.63, 3.8) is 0 Å². The molecule has 2 rings (SSSR count). The summed E-state index contributed by atoms with van der Waals surface area (Å²) in [4.78, 5) is 15.1. The zero-order valence-corrected chi connectivity index (χ0v) is 9.84. The van der Waals surface area contributed by atoms with Crippen LogP contribution >= 0.6 is 0 Å². The van der Waals surface area contributed by atoms with E-state index in [-0.39, 0.29) is 23.2 Å². The molecule has 0 aliphatic rings. The van der Waals surface area contributed by atoms with Crippen molar-refractivity contribution in [3.05, 3.63) is 35.3 Å². The highest BCUT2D eigenvalue weighted by Crippen LogP contribution is 2.28. The highest BCUT2D eigenvalue weighted by molar-refractivity contribution is 6.04. The molecule has 2 aromatic rings. The van der Waals surface area contributed by atoms with E-state index in [4.69, 9.17) is 10.5 Å². The summed E-state index contributed by atoms with van der Waals surface area (Å²) in [7, 11) is 0. The third-order valence-electron chi connectivity index (χ3n) is 2.53. The highest BCUT2D eigenvalue weighted by atomic mass is 19.2. The number of carbonyl (C=O) groups excluding carboxylic acids is 1. The molecule has 7 heteroatoms. The molecular formula is C12H9F3N2O2. The van der Waals surface area contributed by atoms with Gasteiger partial charge in [-0.1, -0.05) is 0 Å². The molecule has 0 aliphatic heterocycles. The molecule has 4 nitrogen and oxygen atoms in total. The van der Waals surface area contributed by atoms with Gasteiger partial charge in [-0.2, -0.15) is 0 Å². The number of carbonyl (C=O) groups is 1. The lowest BCUT2D eigenvalue weighted by atomic mass is 10.1. The first-order valence-electron chi connectivity index (χ1n) is 5.36. The van der Waals surface area contributed by atoms with Crippen molar-refractivity contribution in [1.82, 2.24) is 4.98 Å². The van der Waals surface area contributed by atoms with Gasteiger partial charge < -0.3 is 10.5 Å². The third-order valence-corrected chi connectivity index (χ3v) is 2.53. The van der Waals surface area contributed by atoms with Crippen LogP contribution in [0.3, 0.4) is 0 Å². The van der Waals surface area contributed by atoms with E-state index in [1.807, 2.05) is 0 Å². The van der Waals surface area contributed by atoms with Crippen LogP contribution < -0.4 is 5.73 Å². The first kappa shape index (κ1) is 13.1. The predicted octanol–water partition coefficient (Wildman–Crippen LogP) is 2.41. The van der Waals surface area contributed by atoms with E-state index in [0.29, 0.717) is 6.07 Å². The number of nitrogen functional groups attached to an aromatic ring is 1. The van der Waals surface area contributed by atoms with Gasteiger partial charge in [0.2, 0.25) is 0 Å². The van der Waals surface area contributed by atoms with Crippen LogP contribution in [-0.2, 0) is 4.74 Å². The molecule has 2 N–H and O–H groups in total. The molecule has 0 atom stereocenters. The van der Waals surface area contributed by atoms with Gasteiger partial charge >= 0.3 is 5.97 Å². The van der Waals surface area contributed by atoms with Gasteiger partial charge in [-0.05, 0) is 13.0 Å². The van der Waals surface area contributed by atoms with E-state index >= 15 is 0 Å². The minimum atomic E-state index is -1.64. The summed E-state index contributed by atoms with van der Waals surface area (Å²) in [5.74, 6) is -5.25. The molecule has 0 aliphatic carbocycles. The van der Waals surface area contributed by atoms with Crippen LogP contribution in [0.25, 0.3) is 10.9 Å². The third kappa shape index (κ3) is 2.07. The molecule has 0 radical (unpaired) electrons. The lowest BCUT2D eigenvalue weighted by Gasteiger charge is -2.09. The second-order valence-electron chi connectivity index (χ2n) is 3.69. The van der Waals surface area contributed by atoms with Gasteiger partial charge in [0.05, 0.1) is 12.3 Å². The number of hydrogen-bond donors (Lipinski definition) is 1. The maximum Gasteiger partial charge on any atom is 0.341 e. The average Bonchev–Trinajstić information content (AvgIpc) is 2.38. The van der Waals surface area contributed by atoms with Gasteiger partial charge in [-0.25, -0.2) is 18.0 Å². The van der Waals surface area contributed by atoms with E-state index in [9.17, 15) is 18.0 Å². The van der Waals surface area contributed by atoms with Crippen LogP contribution in [0.1, 0.15) is 17.3 Å². The number of benzene rings is 1. The van der Waals surface area contributed by atoms with E-state index < -0.39 is 28.9 Å². The van der Waals surface area contributed by atoms with Crippen LogP contribution in [0.4, 0.5) is 18.9 Å². The SMILES string of the molecule is CCOC(=O)c1cnc2c(F)c(F)c(F)cc2c1N. The number of rotatable bonds is 2. The quantitative estimate of drug-likeness (QED) is 0.672. The highest BCUT2D eigenvalue weighted by Gasteiger charge is 2.20. The topological polar surface area (TPSA) is 65.2 Å². The van der Waals surface area contributed by atoms with E-state index in [1.54, 1.807) is 6.92 Å². The standard InChI is InChI=1S/C12H9F3N2O2/c1-2-19-12(18)6-4-17-11-5(10(6)16)3-7(13)8(14)9(11)15/h3-4H,2H2,1H3,(H2,16,17). The maximum atomic E-state index is 13.5. The summed E-state index contributed by atoms with van der Waals surface area (Å²) in [6.07, 6.45) is 0.968. The number of nitrogens with two attached hydrogens (primary N) is 1. The number of aromatic nitrogens is 1. The van der Waals surface area contributed by atoms with Gasteiger partial charge in [-0.3, -0.25) is 4.98 Å². The van der Waals surface area contributed by atoms with Gasteiger partial charge in [-0.15, -0.1) is 0 Å². The van der Waals surface area contributed by atoms with Crippen LogP contribution in [0, 0.1) is 17.5 Å². The number of fused-ring (bicyclic) bond motifs is 1. The van der Waals surface area contributed by atoms with Crippen LogP contribution in [0.15, 0.2) is 12.3 Å². The van der Waals surface area contributed by atoms with Gasteiger partial charge in [0.1, 0.15) is 11.1 Å². The van der Waals surface area contributed by atoms with E-state index in [0.717, 1.165) is 6.20 Å². The minimum Gasteiger partial charge on any atom is -0.462 e. The smallest absolute Gasteiger partial charge is 0.341 e. The van der Waals surface area contributed by atoms with E-state index in [1.165, 1.54) is 0 Å². The van der Waals surface area contributed by atoms with Crippen LogP contribution in [0.2, 0.25) is 0 Å². The monoisotopic (exact) mass is 270 g/mol.